The van der Waals surface area contributed by atoms with Crippen molar-refractivity contribution < 1.29 is 9.59 Å². The molecule has 6 nitrogen and oxygen atoms in total. The van der Waals surface area contributed by atoms with Gasteiger partial charge in [-0.3, -0.25) is 4.79 Å². The quantitative estimate of drug-likeness (QED) is 0.862. The lowest BCUT2D eigenvalue weighted by atomic mass is 10.1. The van der Waals surface area contributed by atoms with E-state index in [0.29, 0.717) is 11.3 Å². The second-order valence-electron chi connectivity index (χ2n) is 6.79. The Hall–Kier alpha value is -2.08. The van der Waals surface area contributed by atoms with E-state index in [-0.39, 0.29) is 18.0 Å². The fourth-order valence-corrected chi connectivity index (χ4v) is 3.08. The van der Waals surface area contributed by atoms with Gasteiger partial charge >= 0.3 is 6.03 Å². The van der Waals surface area contributed by atoms with E-state index in [0.717, 1.165) is 45.6 Å². The molecule has 0 unspecified atom stereocenters. The van der Waals surface area contributed by atoms with E-state index in [1.165, 1.54) is 0 Å². The normalized spacial score (nSPS) is 15.8. The van der Waals surface area contributed by atoms with E-state index in [1.807, 2.05) is 30.9 Å². The van der Waals surface area contributed by atoms with Crippen LogP contribution in [-0.2, 0) is 0 Å². The number of nitrogens with one attached hydrogen (secondary N) is 2. The molecule has 1 saturated heterocycles. The van der Waals surface area contributed by atoms with Gasteiger partial charge < -0.3 is 20.4 Å². The molecule has 0 radical (unpaired) electrons. The predicted octanol–water partition coefficient (Wildman–Crippen LogP) is 2.77. The number of urea groups is 1. The van der Waals surface area contributed by atoms with Crippen molar-refractivity contribution >= 4 is 17.6 Å². The number of rotatable bonds is 5. The summed E-state index contributed by atoms with van der Waals surface area (Å²) in [6.07, 6.45) is 2.11. The minimum absolute atomic E-state index is 0.0150. The maximum atomic E-state index is 13.0. The lowest BCUT2D eigenvalue weighted by molar-refractivity contribution is 0.0762. The molecule has 2 N–H and O–H groups in total. The zero-order valence-electron chi connectivity index (χ0n) is 15.5. The zero-order chi connectivity index (χ0) is 18.2. The Balaban J connectivity index is 2.07. The highest BCUT2D eigenvalue weighted by Crippen LogP contribution is 2.18. The monoisotopic (exact) mass is 346 g/mol. The number of carbonyl (C=O) groups is 2. The first-order chi connectivity index (χ1) is 12.0. The van der Waals surface area contributed by atoms with E-state index in [9.17, 15) is 9.59 Å². The zero-order valence-corrected chi connectivity index (χ0v) is 15.5. The molecular weight excluding hydrogens is 316 g/mol. The van der Waals surface area contributed by atoms with Crippen LogP contribution in [-0.4, -0.2) is 60.5 Å². The third-order valence-corrected chi connectivity index (χ3v) is 4.24. The van der Waals surface area contributed by atoms with Gasteiger partial charge in [0.15, 0.2) is 0 Å². The highest BCUT2D eigenvalue weighted by molar-refractivity contribution is 6.03. The van der Waals surface area contributed by atoms with Crippen LogP contribution in [0.4, 0.5) is 10.5 Å². The molecule has 1 aromatic rings. The molecular formula is C19H30N4O2. The fourth-order valence-electron chi connectivity index (χ4n) is 3.08. The third-order valence-electron chi connectivity index (χ3n) is 4.24. The van der Waals surface area contributed by atoms with Crippen LogP contribution in [0.25, 0.3) is 0 Å². The number of hydrogen-bond donors (Lipinski definition) is 2. The fraction of sp³-hybridized carbons (Fsp3) is 0.579. The molecule has 1 aliphatic heterocycles. The third kappa shape index (κ3) is 5.74. The largest absolute Gasteiger partial charge is 0.337 e. The van der Waals surface area contributed by atoms with Crippen LogP contribution in [0.3, 0.4) is 0 Å². The van der Waals surface area contributed by atoms with E-state index in [4.69, 9.17) is 0 Å². The molecule has 1 fully saturated rings. The predicted molar refractivity (Wildman–Crippen MR) is 101 cm³/mol. The SMILES string of the molecule is CCCN1CCCN(C(=O)c2ccccc2NC(=O)NC(C)C)CC1. The van der Waals surface area contributed by atoms with Crippen molar-refractivity contribution in [3.05, 3.63) is 29.8 Å². The van der Waals surface area contributed by atoms with Gasteiger partial charge in [-0.05, 0) is 51.9 Å². The summed E-state index contributed by atoms with van der Waals surface area (Å²) in [5.41, 5.74) is 1.10. The molecule has 0 spiro atoms. The lowest BCUT2D eigenvalue weighted by Gasteiger charge is -2.23. The molecule has 0 bridgehead atoms. The number of hydrogen-bond acceptors (Lipinski definition) is 3. The van der Waals surface area contributed by atoms with Gasteiger partial charge in [0.05, 0.1) is 11.3 Å². The highest BCUT2D eigenvalue weighted by Gasteiger charge is 2.22. The van der Waals surface area contributed by atoms with Crippen LogP contribution in [0.2, 0.25) is 0 Å². The summed E-state index contributed by atoms with van der Waals surface area (Å²) >= 11 is 0. The standard InChI is InChI=1S/C19H30N4O2/c1-4-10-22-11-7-12-23(14-13-22)18(24)16-8-5-6-9-17(16)21-19(25)20-15(2)3/h5-6,8-9,15H,4,7,10-14H2,1-3H3,(H2,20,21,25). The van der Waals surface area contributed by atoms with Crippen molar-refractivity contribution in [2.45, 2.75) is 39.7 Å². The van der Waals surface area contributed by atoms with Crippen molar-refractivity contribution in [1.29, 1.82) is 0 Å². The summed E-state index contributed by atoms with van der Waals surface area (Å²) in [6.45, 7) is 10.5. The minimum Gasteiger partial charge on any atom is -0.337 e. The highest BCUT2D eigenvalue weighted by atomic mass is 16.2. The first-order valence-corrected chi connectivity index (χ1v) is 9.19. The van der Waals surface area contributed by atoms with Crippen molar-refractivity contribution in [3.63, 3.8) is 0 Å². The van der Waals surface area contributed by atoms with Crippen LogP contribution >= 0.6 is 0 Å². The number of nitrogens with zero attached hydrogens (tertiary/aromatic N) is 2. The molecule has 1 aliphatic rings. The Kier molecular flexibility index (Phi) is 7.25. The van der Waals surface area contributed by atoms with Crippen molar-refractivity contribution in [1.82, 2.24) is 15.1 Å². The first kappa shape index (κ1) is 19.2. The molecule has 1 aromatic carbocycles. The van der Waals surface area contributed by atoms with Crippen molar-refractivity contribution in [3.8, 4) is 0 Å². The topological polar surface area (TPSA) is 64.7 Å². The average molecular weight is 346 g/mol. The molecule has 2 rings (SSSR count). The van der Waals surface area contributed by atoms with Gasteiger partial charge in [0.1, 0.15) is 0 Å². The summed E-state index contributed by atoms with van der Waals surface area (Å²) in [5.74, 6) is -0.0150. The van der Waals surface area contributed by atoms with Gasteiger partial charge in [-0.25, -0.2) is 4.79 Å². The molecule has 25 heavy (non-hydrogen) atoms. The number of carbonyl (C=O) groups excluding carboxylic acids is 2. The summed E-state index contributed by atoms with van der Waals surface area (Å²) in [4.78, 5) is 29.3. The van der Waals surface area contributed by atoms with E-state index < -0.39 is 0 Å². The van der Waals surface area contributed by atoms with Gasteiger partial charge in [-0.1, -0.05) is 19.1 Å². The van der Waals surface area contributed by atoms with Crippen LogP contribution in [0.5, 0.6) is 0 Å². The molecule has 0 saturated carbocycles. The van der Waals surface area contributed by atoms with Crippen molar-refractivity contribution in [2.75, 3.05) is 38.0 Å². The minimum atomic E-state index is -0.291. The number of benzene rings is 1. The Bertz CT molecular complexity index is 589. The van der Waals surface area contributed by atoms with Crippen molar-refractivity contribution in [2.24, 2.45) is 0 Å². The average Bonchev–Trinajstić information content (AvgIpc) is 2.80. The summed E-state index contributed by atoms with van der Waals surface area (Å²) in [5, 5.41) is 5.58. The summed E-state index contributed by atoms with van der Waals surface area (Å²) < 4.78 is 0. The van der Waals surface area contributed by atoms with E-state index >= 15 is 0 Å². The number of para-hydroxylation sites is 1. The Labute approximate surface area is 150 Å². The molecule has 0 aliphatic carbocycles. The molecule has 3 amide bonds. The van der Waals surface area contributed by atoms with Crippen LogP contribution < -0.4 is 10.6 Å². The van der Waals surface area contributed by atoms with E-state index in [1.54, 1.807) is 12.1 Å². The lowest BCUT2D eigenvalue weighted by Crippen LogP contribution is -2.37. The summed E-state index contributed by atoms with van der Waals surface area (Å²) in [6, 6.07) is 6.96. The number of amides is 3. The second-order valence-corrected chi connectivity index (χ2v) is 6.79. The van der Waals surface area contributed by atoms with Gasteiger partial charge in [0.2, 0.25) is 0 Å². The smallest absolute Gasteiger partial charge is 0.319 e. The molecule has 1 heterocycles. The van der Waals surface area contributed by atoms with Gasteiger partial charge in [-0.2, -0.15) is 0 Å². The molecule has 138 valence electrons. The molecule has 6 heteroatoms. The van der Waals surface area contributed by atoms with E-state index in [2.05, 4.69) is 22.5 Å². The Morgan fingerprint density at radius 1 is 1.12 bits per heavy atom. The van der Waals surface area contributed by atoms with Gasteiger partial charge in [-0.15, -0.1) is 0 Å². The van der Waals surface area contributed by atoms with Gasteiger partial charge in [0.25, 0.3) is 5.91 Å². The second kappa shape index (κ2) is 9.42. The first-order valence-electron chi connectivity index (χ1n) is 9.19. The molecule has 0 atom stereocenters. The van der Waals surface area contributed by atoms with Crippen LogP contribution in [0.15, 0.2) is 24.3 Å². The van der Waals surface area contributed by atoms with Gasteiger partial charge in [0, 0.05) is 25.7 Å². The Morgan fingerprint density at radius 3 is 2.60 bits per heavy atom. The van der Waals surface area contributed by atoms with Crippen LogP contribution in [0, 0.1) is 0 Å². The maximum absolute atomic E-state index is 13.0. The van der Waals surface area contributed by atoms with Crippen LogP contribution in [0.1, 0.15) is 44.0 Å². The Morgan fingerprint density at radius 2 is 1.88 bits per heavy atom. The maximum Gasteiger partial charge on any atom is 0.319 e. The molecule has 0 aromatic heterocycles. The number of anilines is 1. The summed E-state index contributed by atoms with van der Waals surface area (Å²) in [7, 11) is 0.